The lowest BCUT2D eigenvalue weighted by Crippen LogP contribution is -2.49. The van der Waals surface area contributed by atoms with Gasteiger partial charge in [-0.05, 0) is 30.3 Å². The van der Waals surface area contributed by atoms with Crippen molar-refractivity contribution in [1.82, 2.24) is 19.8 Å². The van der Waals surface area contributed by atoms with Crippen molar-refractivity contribution in [2.24, 2.45) is 7.05 Å². The molecule has 1 aliphatic heterocycles. The van der Waals surface area contributed by atoms with Gasteiger partial charge in [0.25, 0.3) is 0 Å². The highest BCUT2D eigenvalue weighted by Crippen LogP contribution is 2.28. The lowest BCUT2D eigenvalue weighted by Gasteiger charge is -2.40. The average Bonchev–Trinajstić information content (AvgIpc) is 3.29. The fraction of sp³-hybridized carbons (Fsp3) is 0.450. The second-order valence-corrected chi connectivity index (χ2v) is 6.80. The van der Waals surface area contributed by atoms with E-state index in [0.717, 1.165) is 49.6 Å². The van der Waals surface area contributed by atoms with Crippen LogP contribution in [0.4, 0.5) is 0 Å². The molecule has 0 unspecified atom stereocenters. The van der Waals surface area contributed by atoms with Crippen LogP contribution in [0.25, 0.3) is 11.0 Å². The third-order valence-corrected chi connectivity index (χ3v) is 5.18. The summed E-state index contributed by atoms with van der Waals surface area (Å²) in [6.07, 6.45) is 5.68. The van der Waals surface area contributed by atoms with Gasteiger partial charge >= 0.3 is 0 Å². The van der Waals surface area contributed by atoms with Crippen molar-refractivity contribution in [2.75, 3.05) is 26.2 Å². The third-order valence-electron chi connectivity index (χ3n) is 5.18. The summed E-state index contributed by atoms with van der Waals surface area (Å²) >= 11 is 0. The van der Waals surface area contributed by atoms with Gasteiger partial charge in [0.15, 0.2) is 0 Å². The number of rotatable bonds is 6. The molecule has 1 aliphatic rings. The van der Waals surface area contributed by atoms with Crippen LogP contribution in [0.5, 0.6) is 0 Å². The van der Waals surface area contributed by atoms with Crippen LogP contribution in [0.2, 0.25) is 0 Å². The van der Waals surface area contributed by atoms with Crippen LogP contribution in [0.15, 0.2) is 47.3 Å². The molecule has 138 valence electrons. The summed E-state index contributed by atoms with van der Waals surface area (Å²) in [4.78, 5) is 7.04. The number of likely N-dealkylation sites (N-methyl/N-ethyl adjacent to an activating group) is 1. The predicted molar refractivity (Wildman–Crippen MR) is 101 cm³/mol. The molecule has 2 aromatic heterocycles. The van der Waals surface area contributed by atoms with Gasteiger partial charge in [-0.15, -0.1) is 0 Å². The highest BCUT2D eigenvalue weighted by Gasteiger charge is 2.34. The number of benzene rings is 1. The first-order chi connectivity index (χ1) is 12.8. The maximum absolute atomic E-state index is 6.12. The third kappa shape index (κ3) is 3.40. The first kappa shape index (κ1) is 17.3. The Labute approximate surface area is 153 Å². The molecule has 4 rings (SSSR count). The van der Waals surface area contributed by atoms with E-state index in [4.69, 9.17) is 9.15 Å². The zero-order valence-corrected chi connectivity index (χ0v) is 15.4. The van der Waals surface area contributed by atoms with Gasteiger partial charge in [0.05, 0.1) is 25.0 Å². The molecule has 0 radical (unpaired) electrons. The van der Waals surface area contributed by atoms with E-state index in [2.05, 4.69) is 45.9 Å². The molecule has 1 saturated heterocycles. The van der Waals surface area contributed by atoms with Crippen LogP contribution in [0, 0.1) is 0 Å². The first-order valence-corrected chi connectivity index (χ1v) is 9.26. The molecule has 1 fully saturated rings. The van der Waals surface area contributed by atoms with E-state index in [0.29, 0.717) is 0 Å². The molecule has 26 heavy (non-hydrogen) atoms. The Morgan fingerprint density at radius 1 is 1.31 bits per heavy atom. The minimum Gasteiger partial charge on any atom is -0.464 e. The zero-order chi connectivity index (χ0) is 17.9. The minimum atomic E-state index is 0.0856. The van der Waals surface area contributed by atoms with Gasteiger partial charge in [-0.2, -0.15) is 0 Å². The first-order valence-electron chi connectivity index (χ1n) is 9.26. The standard InChI is InChI=1S/C20H26N4O2/c1-3-24-9-11-26-18(19(24)20-22-7-8-23(20)2)14-21-13-15-4-5-17-16(12-15)6-10-25-17/h4-8,10,12,18-19,21H,3,9,11,13-14H2,1-2H3/t18-,19+/m0/s1. The minimum absolute atomic E-state index is 0.0856. The van der Waals surface area contributed by atoms with E-state index >= 15 is 0 Å². The average molecular weight is 354 g/mol. The van der Waals surface area contributed by atoms with E-state index in [1.54, 1.807) is 6.26 Å². The number of hydrogen-bond acceptors (Lipinski definition) is 5. The van der Waals surface area contributed by atoms with Gasteiger partial charge in [0, 0.05) is 44.5 Å². The summed E-state index contributed by atoms with van der Waals surface area (Å²) < 4.78 is 13.6. The molecule has 2 atom stereocenters. The number of imidazole rings is 1. The van der Waals surface area contributed by atoms with Gasteiger partial charge in [-0.3, -0.25) is 4.90 Å². The van der Waals surface area contributed by atoms with E-state index in [1.807, 2.05) is 24.5 Å². The molecule has 0 spiro atoms. The van der Waals surface area contributed by atoms with Crippen molar-refractivity contribution in [3.63, 3.8) is 0 Å². The fourth-order valence-electron chi connectivity index (χ4n) is 3.79. The smallest absolute Gasteiger partial charge is 0.133 e. The molecule has 3 aromatic rings. The summed E-state index contributed by atoms with van der Waals surface area (Å²) in [6.45, 7) is 6.50. The molecule has 1 aromatic carbocycles. The number of morpholine rings is 1. The Bertz CT molecular complexity index is 856. The van der Waals surface area contributed by atoms with Crippen LogP contribution in [-0.2, 0) is 18.3 Å². The van der Waals surface area contributed by atoms with Crippen molar-refractivity contribution < 1.29 is 9.15 Å². The fourth-order valence-corrected chi connectivity index (χ4v) is 3.79. The molecule has 0 aliphatic carbocycles. The predicted octanol–water partition coefficient (Wildman–Crippen LogP) is 2.72. The van der Waals surface area contributed by atoms with Gasteiger partial charge in [-0.25, -0.2) is 4.98 Å². The number of furan rings is 1. The topological polar surface area (TPSA) is 55.5 Å². The summed E-state index contributed by atoms with van der Waals surface area (Å²) in [7, 11) is 2.05. The SMILES string of the molecule is CCN1CCO[C@@H](CNCc2ccc3occc3c2)[C@@H]1c1nccn1C. The van der Waals surface area contributed by atoms with Gasteiger partial charge in [0.1, 0.15) is 11.4 Å². The molecule has 1 N–H and O–H groups in total. The second kappa shape index (κ2) is 7.61. The number of ether oxygens (including phenoxy) is 1. The maximum atomic E-state index is 6.12. The Balaban J connectivity index is 1.44. The largest absolute Gasteiger partial charge is 0.464 e. The maximum Gasteiger partial charge on any atom is 0.133 e. The quantitative estimate of drug-likeness (QED) is 0.738. The number of fused-ring (bicyclic) bond motifs is 1. The van der Waals surface area contributed by atoms with Crippen molar-refractivity contribution >= 4 is 11.0 Å². The monoisotopic (exact) mass is 354 g/mol. The van der Waals surface area contributed by atoms with Crippen molar-refractivity contribution in [2.45, 2.75) is 25.6 Å². The second-order valence-electron chi connectivity index (χ2n) is 6.80. The van der Waals surface area contributed by atoms with E-state index in [9.17, 15) is 0 Å². The molecular weight excluding hydrogens is 328 g/mol. The van der Waals surface area contributed by atoms with Crippen molar-refractivity contribution in [3.8, 4) is 0 Å². The summed E-state index contributed by atoms with van der Waals surface area (Å²) in [6, 6.07) is 8.48. The number of nitrogens with zero attached hydrogens (tertiary/aromatic N) is 3. The van der Waals surface area contributed by atoms with Crippen LogP contribution in [-0.4, -0.2) is 46.8 Å². The molecule has 0 bridgehead atoms. The molecule has 0 saturated carbocycles. The van der Waals surface area contributed by atoms with Crippen LogP contribution in [0.1, 0.15) is 24.4 Å². The highest BCUT2D eigenvalue weighted by molar-refractivity contribution is 5.77. The number of nitrogens with one attached hydrogen (secondary N) is 1. The van der Waals surface area contributed by atoms with E-state index in [-0.39, 0.29) is 12.1 Å². The molecule has 0 amide bonds. The van der Waals surface area contributed by atoms with Crippen LogP contribution < -0.4 is 5.32 Å². The van der Waals surface area contributed by atoms with Gasteiger partial charge in [0.2, 0.25) is 0 Å². The number of aryl methyl sites for hydroxylation is 1. The lowest BCUT2D eigenvalue weighted by atomic mass is 10.1. The summed E-state index contributed by atoms with van der Waals surface area (Å²) in [5.41, 5.74) is 2.17. The lowest BCUT2D eigenvalue weighted by molar-refractivity contribution is -0.0729. The van der Waals surface area contributed by atoms with Gasteiger partial charge in [-0.1, -0.05) is 13.0 Å². The van der Waals surface area contributed by atoms with Gasteiger partial charge < -0.3 is 19.0 Å². The van der Waals surface area contributed by atoms with Crippen LogP contribution >= 0.6 is 0 Å². The van der Waals surface area contributed by atoms with Crippen LogP contribution in [0.3, 0.4) is 0 Å². The Hall–Kier alpha value is -2.15. The Morgan fingerprint density at radius 3 is 3.04 bits per heavy atom. The Morgan fingerprint density at radius 2 is 2.23 bits per heavy atom. The van der Waals surface area contributed by atoms with E-state index in [1.165, 1.54) is 5.56 Å². The van der Waals surface area contributed by atoms with Crippen molar-refractivity contribution in [3.05, 3.63) is 54.3 Å². The molecular formula is C20H26N4O2. The molecule has 6 nitrogen and oxygen atoms in total. The summed E-state index contributed by atoms with van der Waals surface area (Å²) in [5, 5.41) is 4.71. The zero-order valence-electron chi connectivity index (χ0n) is 15.4. The molecule has 3 heterocycles. The Kier molecular flexibility index (Phi) is 5.06. The number of hydrogen-bond donors (Lipinski definition) is 1. The normalized spacial score (nSPS) is 21.5. The molecule has 6 heteroatoms. The highest BCUT2D eigenvalue weighted by atomic mass is 16.5. The number of aromatic nitrogens is 2. The van der Waals surface area contributed by atoms with E-state index < -0.39 is 0 Å². The summed E-state index contributed by atoms with van der Waals surface area (Å²) in [5.74, 6) is 1.07. The van der Waals surface area contributed by atoms with Crippen molar-refractivity contribution in [1.29, 1.82) is 0 Å².